The quantitative estimate of drug-likeness (QED) is 0.452. The molecule has 0 fully saturated rings. The fourth-order valence-corrected chi connectivity index (χ4v) is 2.49. The van der Waals surface area contributed by atoms with Crippen LogP contribution >= 0.6 is 34.8 Å². The summed E-state index contributed by atoms with van der Waals surface area (Å²) in [6, 6.07) is 8.18. The number of nitrogens with one attached hydrogen (secondary N) is 1. The van der Waals surface area contributed by atoms with Crippen LogP contribution in [-0.4, -0.2) is 23.0 Å². The van der Waals surface area contributed by atoms with Crippen LogP contribution in [0.5, 0.6) is 0 Å². The first kappa shape index (κ1) is 19.2. The van der Waals surface area contributed by atoms with Gasteiger partial charge in [-0.3, -0.25) is 4.79 Å². The van der Waals surface area contributed by atoms with Crippen molar-refractivity contribution in [2.45, 2.75) is 13.0 Å². The Hall–Kier alpha value is -2.08. The molecule has 0 aliphatic heterocycles. The zero-order valence-corrected chi connectivity index (χ0v) is 15.3. The second-order valence-corrected chi connectivity index (χ2v) is 6.05. The molecule has 1 N–H and O–H groups in total. The second kappa shape index (κ2) is 8.85. The summed E-state index contributed by atoms with van der Waals surface area (Å²) in [6.07, 6.45) is 3.03. The third-order valence-corrected chi connectivity index (χ3v) is 4.03. The van der Waals surface area contributed by atoms with Crippen molar-refractivity contribution >= 4 is 58.4 Å². The van der Waals surface area contributed by atoms with Gasteiger partial charge in [-0.15, -0.1) is 0 Å². The fraction of sp³-hybridized carbons (Fsp3) is 0.118. The predicted molar refractivity (Wildman–Crippen MR) is 98.9 cm³/mol. The molecule has 5 nitrogen and oxygen atoms in total. The summed E-state index contributed by atoms with van der Waals surface area (Å²) in [6.45, 7) is 1.44. The van der Waals surface area contributed by atoms with Crippen molar-refractivity contribution in [1.29, 1.82) is 0 Å². The van der Waals surface area contributed by atoms with Crippen molar-refractivity contribution in [3.63, 3.8) is 0 Å². The molecule has 0 unspecified atom stereocenters. The maximum Gasteiger partial charge on any atom is 0.331 e. The Bertz CT molecular complexity index is 804. The van der Waals surface area contributed by atoms with E-state index in [0.29, 0.717) is 21.3 Å². The molecule has 2 rings (SSSR count). The summed E-state index contributed by atoms with van der Waals surface area (Å²) < 4.78 is 5.04. The van der Waals surface area contributed by atoms with Gasteiger partial charge in [0, 0.05) is 27.9 Å². The zero-order valence-electron chi connectivity index (χ0n) is 13.0. The maximum atomic E-state index is 12.0. The average molecular weight is 400 g/mol. The first-order valence-corrected chi connectivity index (χ1v) is 8.26. The van der Waals surface area contributed by atoms with E-state index in [-0.39, 0.29) is 5.15 Å². The van der Waals surface area contributed by atoms with Gasteiger partial charge in [0.25, 0.3) is 5.91 Å². The molecule has 0 bridgehead atoms. The lowest BCUT2D eigenvalue weighted by atomic mass is 10.2. The minimum Gasteiger partial charge on any atom is -0.449 e. The molecule has 0 aliphatic carbocycles. The Morgan fingerprint density at radius 2 is 1.84 bits per heavy atom. The monoisotopic (exact) mass is 398 g/mol. The molecular formula is C17H13Cl3N2O3. The van der Waals surface area contributed by atoms with E-state index in [1.54, 1.807) is 30.3 Å². The summed E-state index contributed by atoms with van der Waals surface area (Å²) in [5.74, 6) is -1.25. The number of nitrogens with zero attached hydrogens (tertiary/aromatic N) is 1. The van der Waals surface area contributed by atoms with Gasteiger partial charge in [0.15, 0.2) is 11.3 Å². The van der Waals surface area contributed by atoms with E-state index in [4.69, 9.17) is 39.5 Å². The van der Waals surface area contributed by atoms with Crippen LogP contribution in [0.15, 0.2) is 42.6 Å². The van der Waals surface area contributed by atoms with E-state index in [2.05, 4.69) is 10.3 Å². The Labute approximate surface area is 159 Å². The lowest BCUT2D eigenvalue weighted by Gasteiger charge is -2.12. The van der Waals surface area contributed by atoms with Crippen LogP contribution < -0.4 is 5.32 Å². The third kappa shape index (κ3) is 5.46. The molecule has 25 heavy (non-hydrogen) atoms. The Morgan fingerprint density at radius 3 is 2.48 bits per heavy atom. The number of rotatable bonds is 5. The van der Waals surface area contributed by atoms with Gasteiger partial charge in [-0.05, 0) is 37.3 Å². The summed E-state index contributed by atoms with van der Waals surface area (Å²) in [7, 11) is 0. The van der Waals surface area contributed by atoms with Gasteiger partial charge in [0.05, 0.1) is 5.69 Å². The molecular weight excluding hydrogens is 387 g/mol. The topological polar surface area (TPSA) is 68.3 Å². The number of carbonyl (C=O) groups is 2. The van der Waals surface area contributed by atoms with E-state index in [9.17, 15) is 9.59 Å². The van der Waals surface area contributed by atoms with Crippen molar-refractivity contribution in [3.8, 4) is 0 Å². The predicted octanol–water partition coefficient (Wildman–Crippen LogP) is 4.63. The van der Waals surface area contributed by atoms with Crippen LogP contribution in [0.1, 0.15) is 12.5 Å². The number of carbonyl (C=O) groups excluding carboxylic acids is 2. The van der Waals surface area contributed by atoms with Gasteiger partial charge in [-0.2, -0.15) is 0 Å². The highest BCUT2D eigenvalue weighted by molar-refractivity contribution is 6.37. The van der Waals surface area contributed by atoms with Crippen LogP contribution in [0.2, 0.25) is 15.2 Å². The first-order chi connectivity index (χ1) is 11.9. The number of hydrogen-bond donors (Lipinski definition) is 1. The number of pyridine rings is 1. The van der Waals surface area contributed by atoms with Gasteiger partial charge in [0.2, 0.25) is 0 Å². The normalized spacial score (nSPS) is 12.0. The number of esters is 1. The van der Waals surface area contributed by atoms with E-state index in [1.165, 1.54) is 19.2 Å². The van der Waals surface area contributed by atoms with Crippen molar-refractivity contribution in [2.24, 2.45) is 0 Å². The van der Waals surface area contributed by atoms with E-state index in [0.717, 1.165) is 6.08 Å². The lowest BCUT2D eigenvalue weighted by Crippen LogP contribution is -2.29. The summed E-state index contributed by atoms with van der Waals surface area (Å²) in [4.78, 5) is 27.7. The number of amides is 1. The molecule has 0 radical (unpaired) electrons. The zero-order chi connectivity index (χ0) is 18.4. The molecule has 1 atom stereocenters. The van der Waals surface area contributed by atoms with Crippen molar-refractivity contribution in [2.75, 3.05) is 5.32 Å². The lowest BCUT2D eigenvalue weighted by molar-refractivity contribution is -0.148. The SMILES string of the molecule is C[C@@H](OC(=O)/C=C/c1c(Cl)cccc1Cl)C(=O)Nc1cccnc1Cl. The average Bonchev–Trinajstić information content (AvgIpc) is 2.56. The molecule has 0 saturated carbocycles. The Morgan fingerprint density at radius 1 is 1.16 bits per heavy atom. The van der Waals surface area contributed by atoms with Gasteiger partial charge in [-0.25, -0.2) is 9.78 Å². The Kier molecular flexibility index (Phi) is 6.82. The van der Waals surface area contributed by atoms with Gasteiger partial charge >= 0.3 is 5.97 Å². The highest BCUT2D eigenvalue weighted by Crippen LogP contribution is 2.25. The molecule has 0 aliphatic rings. The van der Waals surface area contributed by atoms with Gasteiger partial charge in [0.1, 0.15) is 0 Å². The molecule has 1 heterocycles. The molecule has 0 saturated heterocycles. The molecule has 130 valence electrons. The van der Waals surface area contributed by atoms with Crippen LogP contribution in [0.3, 0.4) is 0 Å². The number of anilines is 1. The van der Waals surface area contributed by atoms with Crippen molar-refractivity contribution in [1.82, 2.24) is 4.98 Å². The number of halogens is 3. The second-order valence-electron chi connectivity index (χ2n) is 4.88. The molecule has 2 aromatic rings. The van der Waals surface area contributed by atoms with E-state index >= 15 is 0 Å². The van der Waals surface area contributed by atoms with Gasteiger partial charge < -0.3 is 10.1 Å². The standard InChI is InChI=1S/C17H13Cl3N2O3/c1-10(17(24)22-14-6-3-9-21-16(14)20)25-15(23)8-7-11-12(18)4-2-5-13(11)19/h2-10H,1H3,(H,22,24)/b8-7+/t10-/m1/s1. The summed E-state index contributed by atoms with van der Waals surface area (Å²) in [5.41, 5.74) is 0.817. The first-order valence-electron chi connectivity index (χ1n) is 7.12. The van der Waals surface area contributed by atoms with E-state index in [1.807, 2.05) is 0 Å². The van der Waals surface area contributed by atoms with Gasteiger partial charge in [-0.1, -0.05) is 40.9 Å². The van der Waals surface area contributed by atoms with E-state index < -0.39 is 18.0 Å². The third-order valence-electron chi connectivity index (χ3n) is 3.06. The van der Waals surface area contributed by atoms with Crippen LogP contribution in [0.4, 0.5) is 5.69 Å². The highest BCUT2D eigenvalue weighted by Gasteiger charge is 2.18. The summed E-state index contributed by atoms with van der Waals surface area (Å²) in [5, 5.41) is 3.47. The number of benzene rings is 1. The summed E-state index contributed by atoms with van der Waals surface area (Å²) >= 11 is 17.9. The Balaban J connectivity index is 1.97. The molecule has 8 heteroatoms. The highest BCUT2D eigenvalue weighted by atomic mass is 35.5. The van der Waals surface area contributed by atoms with Crippen LogP contribution in [-0.2, 0) is 14.3 Å². The van der Waals surface area contributed by atoms with Crippen molar-refractivity contribution in [3.05, 3.63) is 63.4 Å². The van der Waals surface area contributed by atoms with Crippen molar-refractivity contribution < 1.29 is 14.3 Å². The van der Waals surface area contributed by atoms with Crippen LogP contribution in [0.25, 0.3) is 6.08 Å². The number of hydrogen-bond acceptors (Lipinski definition) is 4. The minimum atomic E-state index is -1.03. The largest absolute Gasteiger partial charge is 0.449 e. The number of aromatic nitrogens is 1. The minimum absolute atomic E-state index is 0.141. The molecule has 1 amide bonds. The number of ether oxygens (including phenoxy) is 1. The fourth-order valence-electron chi connectivity index (χ4n) is 1.80. The molecule has 0 spiro atoms. The van der Waals surface area contributed by atoms with Crippen LogP contribution in [0, 0.1) is 0 Å². The molecule has 1 aromatic heterocycles. The smallest absolute Gasteiger partial charge is 0.331 e. The maximum absolute atomic E-state index is 12.0. The molecule has 1 aromatic carbocycles.